The Hall–Kier alpha value is -0.650. The second-order valence-corrected chi connectivity index (χ2v) is 11.0. The summed E-state index contributed by atoms with van der Waals surface area (Å²) < 4.78 is 3.33. The van der Waals surface area contributed by atoms with Crippen LogP contribution in [0.15, 0.2) is 28.6 Å². The number of benzene rings is 1. The highest BCUT2D eigenvalue weighted by Crippen LogP contribution is 2.32. The van der Waals surface area contributed by atoms with Crippen LogP contribution in [0.2, 0.25) is 0 Å². The Morgan fingerprint density at radius 2 is 1.59 bits per heavy atom. The highest BCUT2D eigenvalue weighted by molar-refractivity contribution is 8.23. The number of thiocarbonyl (C=S) groups is 1. The monoisotopic (exact) mass is 450 g/mol. The second kappa shape index (κ2) is 13.6. The van der Waals surface area contributed by atoms with Gasteiger partial charge >= 0.3 is 0 Å². The molecule has 2 rings (SSSR count). The summed E-state index contributed by atoms with van der Waals surface area (Å²) in [5.41, 5.74) is 1.08. The number of thiazole rings is 1. The van der Waals surface area contributed by atoms with E-state index >= 15 is 0 Å². The summed E-state index contributed by atoms with van der Waals surface area (Å²) in [5.74, 6) is 1.46. The number of unbranched alkanes of at least 4 members (excludes halogenated alkanes) is 2. The van der Waals surface area contributed by atoms with Gasteiger partial charge in [-0.25, -0.2) is 4.98 Å². The fourth-order valence-electron chi connectivity index (χ4n) is 3.72. The van der Waals surface area contributed by atoms with E-state index in [9.17, 15) is 0 Å². The van der Waals surface area contributed by atoms with Gasteiger partial charge < -0.3 is 4.90 Å². The molecule has 0 aliphatic heterocycles. The van der Waals surface area contributed by atoms with Crippen molar-refractivity contribution in [3.8, 4) is 0 Å². The first-order valence-corrected chi connectivity index (χ1v) is 13.5. The molecule has 1 aromatic heterocycles. The summed E-state index contributed by atoms with van der Waals surface area (Å²) >= 11 is 9.43. The van der Waals surface area contributed by atoms with Crippen LogP contribution in [0.1, 0.15) is 79.1 Å². The molecule has 0 spiro atoms. The molecule has 0 fully saturated rings. The van der Waals surface area contributed by atoms with Crippen molar-refractivity contribution in [2.75, 3.05) is 13.1 Å². The first-order valence-electron chi connectivity index (χ1n) is 11.4. The fourth-order valence-corrected chi connectivity index (χ4v) is 6.20. The van der Waals surface area contributed by atoms with Gasteiger partial charge in [-0.3, -0.25) is 0 Å². The number of hydrogen-bond donors (Lipinski definition) is 0. The Kier molecular flexibility index (Phi) is 11.6. The summed E-state index contributed by atoms with van der Waals surface area (Å²) in [6.07, 6.45) is 10.3. The van der Waals surface area contributed by atoms with E-state index in [-0.39, 0.29) is 0 Å². The van der Waals surface area contributed by atoms with E-state index in [1.165, 1.54) is 56.1 Å². The molecular formula is C24H38N2S3. The molecule has 29 heavy (non-hydrogen) atoms. The molecule has 0 amide bonds. The van der Waals surface area contributed by atoms with Crippen molar-refractivity contribution >= 4 is 49.9 Å². The van der Waals surface area contributed by atoms with Crippen LogP contribution in [0, 0.1) is 11.8 Å². The smallest absolute Gasteiger partial charge is 0.158 e. The van der Waals surface area contributed by atoms with Crippen LogP contribution in [0.5, 0.6) is 0 Å². The average Bonchev–Trinajstić information content (AvgIpc) is 3.14. The van der Waals surface area contributed by atoms with Gasteiger partial charge in [0.1, 0.15) is 4.32 Å². The summed E-state index contributed by atoms with van der Waals surface area (Å²) in [7, 11) is 0. The molecule has 1 aromatic carbocycles. The predicted molar refractivity (Wildman–Crippen MR) is 136 cm³/mol. The third-order valence-electron chi connectivity index (χ3n) is 5.75. The molecule has 0 bridgehead atoms. The molecule has 0 aliphatic rings. The third-order valence-corrected chi connectivity index (χ3v) is 8.29. The minimum atomic E-state index is 0.729. The van der Waals surface area contributed by atoms with Crippen LogP contribution in [0.3, 0.4) is 0 Å². The van der Waals surface area contributed by atoms with E-state index < -0.39 is 0 Å². The van der Waals surface area contributed by atoms with Gasteiger partial charge in [0.2, 0.25) is 0 Å². The third kappa shape index (κ3) is 8.18. The minimum Gasteiger partial charge on any atom is -0.357 e. The van der Waals surface area contributed by atoms with Crippen molar-refractivity contribution in [1.82, 2.24) is 9.88 Å². The molecule has 2 atom stereocenters. The lowest BCUT2D eigenvalue weighted by atomic mass is 9.96. The number of fused-ring (bicyclic) bond motifs is 1. The molecule has 2 nitrogen and oxygen atoms in total. The van der Waals surface area contributed by atoms with Crippen molar-refractivity contribution in [2.45, 2.75) is 83.4 Å². The molecule has 0 saturated heterocycles. The topological polar surface area (TPSA) is 16.1 Å². The van der Waals surface area contributed by atoms with Crippen molar-refractivity contribution in [2.24, 2.45) is 11.8 Å². The van der Waals surface area contributed by atoms with Crippen LogP contribution in [-0.4, -0.2) is 27.3 Å². The Morgan fingerprint density at radius 3 is 2.10 bits per heavy atom. The molecule has 1 heterocycles. The average molecular weight is 451 g/mol. The minimum absolute atomic E-state index is 0.729. The normalized spacial score (nSPS) is 13.5. The van der Waals surface area contributed by atoms with Gasteiger partial charge in [-0.1, -0.05) is 90.6 Å². The summed E-state index contributed by atoms with van der Waals surface area (Å²) in [5, 5.41) is 0. The van der Waals surface area contributed by atoms with E-state index in [1.54, 1.807) is 23.1 Å². The number of rotatable bonds is 13. The van der Waals surface area contributed by atoms with Gasteiger partial charge in [0, 0.05) is 13.1 Å². The van der Waals surface area contributed by atoms with Gasteiger partial charge in [-0.2, -0.15) is 0 Å². The van der Waals surface area contributed by atoms with Crippen LogP contribution in [0.4, 0.5) is 0 Å². The predicted octanol–water partition coefficient (Wildman–Crippen LogP) is 8.41. The van der Waals surface area contributed by atoms with Crippen molar-refractivity contribution < 1.29 is 0 Å². The van der Waals surface area contributed by atoms with E-state index in [0.29, 0.717) is 0 Å². The zero-order valence-electron chi connectivity index (χ0n) is 18.7. The molecule has 0 radical (unpaired) electrons. The lowest BCUT2D eigenvalue weighted by Crippen LogP contribution is -2.36. The Morgan fingerprint density at radius 1 is 1.00 bits per heavy atom. The van der Waals surface area contributed by atoms with E-state index in [1.807, 2.05) is 0 Å². The zero-order valence-corrected chi connectivity index (χ0v) is 21.1. The number of hydrogen-bond acceptors (Lipinski definition) is 4. The molecule has 162 valence electrons. The maximum absolute atomic E-state index is 5.98. The van der Waals surface area contributed by atoms with Gasteiger partial charge in [0.25, 0.3) is 0 Å². The van der Waals surface area contributed by atoms with E-state index in [2.05, 4.69) is 56.9 Å². The van der Waals surface area contributed by atoms with Crippen LogP contribution < -0.4 is 0 Å². The second-order valence-electron chi connectivity index (χ2n) is 8.05. The largest absolute Gasteiger partial charge is 0.357 e. The Bertz CT molecular complexity index is 677. The zero-order chi connectivity index (χ0) is 21.1. The molecular weight excluding hydrogens is 412 g/mol. The van der Waals surface area contributed by atoms with Gasteiger partial charge in [0.15, 0.2) is 4.34 Å². The lowest BCUT2D eigenvalue weighted by molar-refractivity contribution is 0.269. The molecule has 0 saturated carbocycles. The standard InChI is InChI=1S/C24H38N2S3/c1-5-9-13-19(7-3)17-26(18-20(8-4)14-10-6-2)24(27)29-23-25-21-15-11-12-16-22(21)28-23/h11-12,15-16,19-20H,5-10,13-14,17-18H2,1-4H3. The lowest BCUT2D eigenvalue weighted by Gasteiger charge is -2.32. The van der Waals surface area contributed by atoms with Crippen molar-refractivity contribution in [3.05, 3.63) is 24.3 Å². The molecule has 2 unspecified atom stereocenters. The molecule has 0 aliphatic carbocycles. The van der Waals surface area contributed by atoms with Gasteiger partial charge in [-0.15, -0.1) is 11.3 Å². The van der Waals surface area contributed by atoms with E-state index in [4.69, 9.17) is 17.2 Å². The summed E-state index contributed by atoms with van der Waals surface area (Å²) in [6.45, 7) is 11.4. The maximum atomic E-state index is 5.98. The quantitative estimate of drug-likeness (QED) is 0.225. The SMILES string of the molecule is CCCCC(CC)CN(CC(CC)CCCC)C(=S)Sc1nc2ccccc2s1. The van der Waals surface area contributed by atoms with Crippen molar-refractivity contribution in [3.63, 3.8) is 0 Å². The summed E-state index contributed by atoms with van der Waals surface area (Å²) in [6, 6.07) is 8.37. The Labute approximate surface area is 191 Å². The molecule has 2 aromatic rings. The summed E-state index contributed by atoms with van der Waals surface area (Å²) in [4.78, 5) is 7.31. The highest BCUT2D eigenvalue weighted by Gasteiger charge is 2.21. The fraction of sp³-hybridized carbons (Fsp3) is 0.667. The number of nitrogens with zero attached hydrogens (tertiary/aromatic N) is 2. The number of para-hydroxylation sites is 1. The van der Waals surface area contributed by atoms with Crippen LogP contribution in [-0.2, 0) is 0 Å². The number of aromatic nitrogens is 1. The molecule has 0 N–H and O–H groups in total. The van der Waals surface area contributed by atoms with Gasteiger partial charge in [0.05, 0.1) is 10.2 Å². The maximum Gasteiger partial charge on any atom is 0.158 e. The molecule has 5 heteroatoms. The van der Waals surface area contributed by atoms with Crippen LogP contribution >= 0.6 is 35.3 Å². The first-order chi connectivity index (χ1) is 14.1. The first kappa shape index (κ1) is 24.6. The van der Waals surface area contributed by atoms with E-state index in [0.717, 1.165) is 39.1 Å². The highest BCUT2D eigenvalue weighted by atomic mass is 32.2. The number of thioether (sulfide) groups is 1. The van der Waals surface area contributed by atoms with Crippen molar-refractivity contribution in [1.29, 1.82) is 0 Å². The van der Waals surface area contributed by atoms with Crippen LogP contribution in [0.25, 0.3) is 10.2 Å². The Balaban J connectivity index is 2.10. The van der Waals surface area contributed by atoms with Gasteiger partial charge in [-0.05, 0) is 48.6 Å².